The standard InChI is InChI=1S/C13H18ClN3O/c1-2-4-13(5-3-6-17-13)11(18)10-7-9(14)8-16-12(10)15/h7-8,17H,2-6H2,1H3,(H2,15,16). The molecule has 2 heterocycles. The van der Waals surface area contributed by atoms with Crippen molar-refractivity contribution in [3.8, 4) is 0 Å². The number of ketones is 1. The molecular formula is C13H18ClN3O. The highest BCUT2D eigenvalue weighted by molar-refractivity contribution is 6.31. The highest BCUT2D eigenvalue weighted by atomic mass is 35.5. The number of nitrogen functional groups attached to an aromatic ring is 1. The number of anilines is 1. The average Bonchev–Trinajstić information content (AvgIpc) is 2.82. The molecule has 3 N–H and O–H groups in total. The number of rotatable bonds is 4. The van der Waals surface area contributed by atoms with E-state index >= 15 is 0 Å². The molecule has 1 aliphatic heterocycles. The summed E-state index contributed by atoms with van der Waals surface area (Å²) in [4.78, 5) is 16.7. The number of halogens is 1. The van der Waals surface area contributed by atoms with Gasteiger partial charge < -0.3 is 11.1 Å². The molecule has 0 aromatic carbocycles. The van der Waals surface area contributed by atoms with Gasteiger partial charge in [-0.2, -0.15) is 0 Å². The smallest absolute Gasteiger partial charge is 0.186 e. The number of aromatic nitrogens is 1. The first kappa shape index (κ1) is 13.3. The monoisotopic (exact) mass is 267 g/mol. The van der Waals surface area contributed by atoms with Crippen LogP contribution in [-0.4, -0.2) is 22.9 Å². The summed E-state index contributed by atoms with van der Waals surface area (Å²) >= 11 is 5.90. The topological polar surface area (TPSA) is 68.0 Å². The van der Waals surface area contributed by atoms with E-state index in [1.165, 1.54) is 6.20 Å². The van der Waals surface area contributed by atoms with Crippen molar-refractivity contribution in [2.75, 3.05) is 12.3 Å². The van der Waals surface area contributed by atoms with Gasteiger partial charge >= 0.3 is 0 Å². The number of Topliss-reactive ketones (excluding diaryl/α,β-unsaturated/α-hetero) is 1. The van der Waals surface area contributed by atoms with Crippen molar-refractivity contribution in [1.29, 1.82) is 0 Å². The summed E-state index contributed by atoms with van der Waals surface area (Å²) in [7, 11) is 0. The van der Waals surface area contributed by atoms with E-state index in [-0.39, 0.29) is 11.6 Å². The Hall–Kier alpha value is -1.13. The van der Waals surface area contributed by atoms with E-state index in [0.717, 1.165) is 32.2 Å². The second-order valence-corrected chi connectivity index (χ2v) is 5.21. The van der Waals surface area contributed by atoms with Crippen LogP contribution in [0.2, 0.25) is 5.02 Å². The molecule has 1 aromatic heterocycles. The maximum absolute atomic E-state index is 12.7. The normalized spacial score (nSPS) is 23.2. The lowest BCUT2D eigenvalue weighted by molar-refractivity contribution is 0.0858. The minimum absolute atomic E-state index is 0.0225. The van der Waals surface area contributed by atoms with Gasteiger partial charge in [0.15, 0.2) is 5.78 Å². The zero-order valence-corrected chi connectivity index (χ0v) is 11.3. The molecule has 0 radical (unpaired) electrons. The molecule has 5 heteroatoms. The number of pyridine rings is 1. The van der Waals surface area contributed by atoms with E-state index in [1.54, 1.807) is 6.07 Å². The number of nitrogens with two attached hydrogens (primary N) is 1. The van der Waals surface area contributed by atoms with Crippen molar-refractivity contribution in [3.05, 3.63) is 22.8 Å². The predicted octanol–water partition coefficient (Wildman–Crippen LogP) is 2.42. The molecule has 0 saturated carbocycles. The second kappa shape index (κ2) is 5.24. The minimum Gasteiger partial charge on any atom is -0.383 e. The minimum atomic E-state index is -0.477. The first-order valence-electron chi connectivity index (χ1n) is 6.30. The fourth-order valence-corrected chi connectivity index (χ4v) is 2.80. The molecule has 1 fully saturated rings. The fourth-order valence-electron chi connectivity index (χ4n) is 2.64. The third-order valence-corrected chi connectivity index (χ3v) is 3.69. The largest absolute Gasteiger partial charge is 0.383 e. The molecule has 98 valence electrons. The van der Waals surface area contributed by atoms with Crippen molar-refractivity contribution in [3.63, 3.8) is 0 Å². The van der Waals surface area contributed by atoms with Crippen molar-refractivity contribution < 1.29 is 4.79 Å². The van der Waals surface area contributed by atoms with Crippen molar-refractivity contribution in [2.45, 2.75) is 38.1 Å². The van der Waals surface area contributed by atoms with Crippen LogP contribution in [0.1, 0.15) is 43.0 Å². The van der Waals surface area contributed by atoms with Crippen molar-refractivity contribution in [1.82, 2.24) is 10.3 Å². The maximum Gasteiger partial charge on any atom is 0.186 e. The molecule has 1 saturated heterocycles. The Morgan fingerprint density at radius 2 is 2.44 bits per heavy atom. The van der Waals surface area contributed by atoms with Crippen molar-refractivity contribution >= 4 is 23.2 Å². The first-order valence-corrected chi connectivity index (χ1v) is 6.68. The van der Waals surface area contributed by atoms with E-state index in [9.17, 15) is 4.79 Å². The summed E-state index contributed by atoms with van der Waals surface area (Å²) < 4.78 is 0. The molecule has 0 bridgehead atoms. The molecule has 4 nitrogen and oxygen atoms in total. The number of nitrogens with one attached hydrogen (secondary N) is 1. The number of carbonyl (C=O) groups is 1. The molecule has 18 heavy (non-hydrogen) atoms. The molecule has 0 aliphatic carbocycles. The quantitative estimate of drug-likeness (QED) is 0.822. The van der Waals surface area contributed by atoms with E-state index in [1.807, 2.05) is 0 Å². The molecule has 1 atom stereocenters. The Morgan fingerprint density at radius 3 is 3.06 bits per heavy atom. The van der Waals surface area contributed by atoms with Crippen LogP contribution < -0.4 is 11.1 Å². The zero-order chi connectivity index (χ0) is 13.2. The van der Waals surface area contributed by atoms with E-state index in [4.69, 9.17) is 17.3 Å². The van der Waals surface area contributed by atoms with Crippen LogP contribution in [0.15, 0.2) is 12.3 Å². The predicted molar refractivity (Wildman–Crippen MR) is 72.9 cm³/mol. The van der Waals surface area contributed by atoms with Gasteiger partial charge in [0, 0.05) is 6.20 Å². The van der Waals surface area contributed by atoms with Gasteiger partial charge in [-0.3, -0.25) is 4.79 Å². The lowest BCUT2D eigenvalue weighted by Crippen LogP contribution is -2.47. The van der Waals surface area contributed by atoms with Gasteiger partial charge in [0.05, 0.1) is 16.1 Å². The number of nitrogens with zero attached hydrogens (tertiary/aromatic N) is 1. The lowest BCUT2D eigenvalue weighted by atomic mass is 9.84. The number of hydrogen-bond donors (Lipinski definition) is 2. The summed E-state index contributed by atoms with van der Waals surface area (Å²) in [6.07, 6.45) is 5.10. The highest BCUT2D eigenvalue weighted by Crippen LogP contribution is 2.30. The Bertz CT molecular complexity index is 456. The van der Waals surface area contributed by atoms with Gasteiger partial charge in [-0.25, -0.2) is 4.98 Å². The van der Waals surface area contributed by atoms with E-state index < -0.39 is 5.54 Å². The molecule has 1 unspecified atom stereocenters. The maximum atomic E-state index is 12.7. The van der Waals surface area contributed by atoms with E-state index in [2.05, 4.69) is 17.2 Å². The van der Waals surface area contributed by atoms with Gasteiger partial charge in [0.1, 0.15) is 5.82 Å². The van der Waals surface area contributed by atoms with Crippen LogP contribution in [0.5, 0.6) is 0 Å². The summed E-state index contributed by atoms with van der Waals surface area (Å²) in [6.45, 7) is 2.95. The third kappa shape index (κ3) is 2.35. The Balaban J connectivity index is 2.36. The third-order valence-electron chi connectivity index (χ3n) is 3.48. The van der Waals surface area contributed by atoms with E-state index in [0.29, 0.717) is 10.6 Å². The van der Waals surface area contributed by atoms with Crippen LogP contribution in [-0.2, 0) is 0 Å². The fraction of sp³-hybridized carbons (Fsp3) is 0.538. The Morgan fingerprint density at radius 1 is 1.67 bits per heavy atom. The van der Waals surface area contributed by atoms with Crippen LogP contribution in [0, 0.1) is 0 Å². The highest BCUT2D eigenvalue weighted by Gasteiger charge is 2.41. The SMILES string of the molecule is CCCC1(C(=O)c2cc(Cl)cnc2N)CCCN1. The number of hydrogen-bond acceptors (Lipinski definition) is 4. The van der Waals surface area contributed by atoms with Gasteiger partial charge in [-0.1, -0.05) is 24.9 Å². The van der Waals surface area contributed by atoms with Crippen molar-refractivity contribution in [2.24, 2.45) is 0 Å². The van der Waals surface area contributed by atoms with Gasteiger partial charge in [-0.05, 0) is 31.9 Å². The van der Waals surface area contributed by atoms with Gasteiger partial charge in [0.25, 0.3) is 0 Å². The van der Waals surface area contributed by atoms with Crippen LogP contribution >= 0.6 is 11.6 Å². The summed E-state index contributed by atoms with van der Waals surface area (Å²) in [5.74, 6) is 0.280. The molecule has 1 aliphatic rings. The molecular weight excluding hydrogens is 250 g/mol. The van der Waals surface area contributed by atoms with Gasteiger partial charge in [0.2, 0.25) is 0 Å². The Kier molecular flexibility index (Phi) is 3.88. The average molecular weight is 268 g/mol. The molecule has 1 aromatic rings. The van der Waals surface area contributed by atoms with Crippen LogP contribution in [0.4, 0.5) is 5.82 Å². The summed E-state index contributed by atoms with van der Waals surface area (Å²) in [5, 5.41) is 3.78. The summed E-state index contributed by atoms with van der Waals surface area (Å²) in [6, 6.07) is 1.61. The second-order valence-electron chi connectivity index (χ2n) is 4.78. The Labute approximate surface area is 112 Å². The van der Waals surface area contributed by atoms with Gasteiger partial charge in [-0.15, -0.1) is 0 Å². The molecule has 0 amide bonds. The molecule has 2 rings (SSSR count). The van der Waals surface area contributed by atoms with Crippen LogP contribution in [0.3, 0.4) is 0 Å². The van der Waals surface area contributed by atoms with Crippen LogP contribution in [0.25, 0.3) is 0 Å². The molecule has 0 spiro atoms. The number of carbonyl (C=O) groups excluding carboxylic acids is 1. The first-order chi connectivity index (χ1) is 8.59. The zero-order valence-electron chi connectivity index (χ0n) is 10.5. The summed E-state index contributed by atoms with van der Waals surface area (Å²) in [5.41, 5.74) is 5.75. The lowest BCUT2D eigenvalue weighted by Gasteiger charge is -2.28.